The summed E-state index contributed by atoms with van der Waals surface area (Å²) < 4.78 is 0. The summed E-state index contributed by atoms with van der Waals surface area (Å²) in [5.74, 6) is 0.0469. The predicted octanol–water partition coefficient (Wildman–Crippen LogP) is 3.12. The van der Waals surface area contributed by atoms with Crippen molar-refractivity contribution in [3.8, 4) is 11.3 Å². The first-order valence-electron chi connectivity index (χ1n) is 6.00. The monoisotopic (exact) mass is 275 g/mol. The number of rotatable bonds is 4. The van der Waals surface area contributed by atoms with Crippen molar-refractivity contribution in [2.75, 3.05) is 31.4 Å². The van der Waals surface area contributed by atoms with Gasteiger partial charge < -0.3 is 10.2 Å². The molecule has 2 aromatic rings. The van der Waals surface area contributed by atoms with Crippen LogP contribution in [0.4, 0.5) is 10.8 Å². The van der Waals surface area contributed by atoms with E-state index in [2.05, 4.69) is 10.3 Å². The summed E-state index contributed by atoms with van der Waals surface area (Å²) in [5.41, 5.74) is 2.85. The Morgan fingerprint density at radius 3 is 2.37 bits per heavy atom. The zero-order valence-electron chi connectivity index (χ0n) is 11.5. The van der Waals surface area contributed by atoms with Crippen molar-refractivity contribution in [2.24, 2.45) is 0 Å². The maximum atomic E-state index is 11.7. The highest BCUT2D eigenvalue weighted by molar-refractivity contribution is 7.18. The van der Waals surface area contributed by atoms with Crippen molar-refractivity contribution in [1.29, 1.82) is 0 Å². The second-order valence-corrected chi connectivity index (χ2v) is 5.44. The van der Waals surface area contributed by atoms with Crippen LogP contribution in [0.1, 0.15) is 16.6 Å². The standard InChI is InChI=1S/C14H17N3OS/c1-9(18)13-12(16-14(15-2)19-13)10-5-7-11(8-6-10)17(3)4/h5-8H,1-4H3,(H,15,16). The molecule has 100 valence electrons. The number of hydrogen-bond acceptors (Lipinski definition) is 5. The average Bonchev–Trinajstić information content (AvgIpc) is 2.83. The lowest BCUT2D eigenvalue weighted by molar-refractivity contribution is 0.102. The lowest BCUT2D eigenvalue weighted by atomic mass is 10.1. The number of ketones is 1. The van der Waals surface area contributed by atoms with Gasteiger partial charge in [-0.2, -0.15) is 0 Å². The zero-order valence-corrected chi connectivity index (χ0v) is 12.3. The summed E-state index contributed by atoms with van der Waals surface area (Å²) in [5, 5.41) is 3.75. The van der Waals surface area contributed by atoms with Crippen LogP contribution in [-0.2, 0) is 0 Å². The molecule has 19 heavy (non-hydrogen) atoms. The lowest BCUT2D eigenvalue weighted by Crippen LogP contribution is -2.08. The Labute approximate surface area is 117 Å². The normalized spacial score (nSPS) is 10.3. The molecular formula is C14H17N3OS. The van der Waals surface area contributed by atoms with Crippen LogP contribution in [0.25, 0.3) is 11.3 Å². The molecule has 1 aromatic carbocycles. The van der Waals surface area contributed by atoms with Crippen LogP contribution in [0, 0.1) is 0 Å². The maximum absolute atomic E-state index is 11.7. The van der Waals surface area contributed by atoms with Crippen molar-refractivity contribution in [2.45, 2.75) is 6.92 Å². The Hall–Kier alpha value is -1.88. The number of carbonyl (C=O) groups is 1. The van der Waals surface area contributed by atoms with E-state index in [0.717, 1.165) is 22.1 Å². The van der Waals surface area contributed by atoms with Crippen LogP contribution in [-0.4, -0.2) is 31.9 Å². The van der Waals surface area contributed by atoms with E-state index in [1.807, 2.05) is 50.3 Å². The largest absolute Gasteiger partial charge is 0.378 e. The summed E-state index contributed by atoms with van der Waals surface area (Å²) >= 11 is 1.39. The highest BCUT2D eigenvalue weighted by Crippen LogP contribution is 2.32. The van der Waals surface area contributed by atoms with E-state index in [1.54, 1.807) is 6.92 Å². The van der Waals surface area contributed by atoms with Gasteiger partial charge in [-0.25, -0.2) is 4.98 Å². The van der Waals surface area contributed by atoms with Gasteiger partial charge in [-0.3, -0.25) is 4.79 Å². The number of benzene rings is 1. The van der Waals surface area contributed by atoms with E-state index < -0.39 is 0 Å². The number of nitrogens with one attached hydrogen (secondary N) is 1. The van der Waals surface area contributed by atoms with Gasteiger partial charge in [0.2, 0.25) is 0 Å². The first kappa shape index (κ1) is 13.5. The molecule has 0 bridgehead atoms. The van der Waals surface area contributed by atoms with Crippen LogP contribution in [0.3, 0.4) is 0 Å². The summed E-state index contributed by atoms with van der Waals surface area (Å²) in [6.07, 6.45) is 0. The Bertz CT molecular complexity index is 587. The van der Waals surface area contributed by atoms with Crippen molar-refractivity contribution < 1.29 is 4.79 Å². The molecule has 0 aliphatic heterocycles. The van der Waals surface area contributed by atoms with Crippen LogP contribution in [0.2, 0.25) is 0 Å². The van der Waals surface area contributed by atoms with E-state index in [4.69, 9.17) is 0 Å². The van der Waals surface area contributed by atoms with Gasteiger partial charge in [0, 0.05) is 39.3 Å². The summed E-state index contributed by atoms with van der Waals surface area (Å²) in [6, 6.07) is 8.04. The van der Waals surface area contributed by atoms with E-state index in [-0.39, 0.29) is 5.78 Å². The van der Waals surface area contributed by atoms with Gasteiger partial charge >= 0.3 is 0 Å². The number of Topliss-reactive ketones (excluding diaryl/α,β-unsaturated/α-hetero) is 1. The SMILES string of the molecule is CNc1nc(-c2ccc(N(C)C)cc2)c(C(C)=O)s1. The third-order valence-electron chi connectivity index (χ3n) is 2.82. The third-order valence-corrected chi connectivity index (χ3v) is 3.99. The highest BCUT2D eigenvalue weighted by atomic mass is 32.1. The minimum absolute atomic E-state index is 0.0469. The zero-order chi connectivity index (χ0) is 14.0. The molecule has 2 rings (SSSR count). The van der Waals surface area contributed by atoms with Crippen LogP contribution >= 0.6 is 11.3 Å². The van der Waals surface area contributed by atoms with E-state index in [0.29, 0.717) is 4.88 Å². The number of thiazole rings is 1. The van der Waals surface area contributed by atoms with Crippen LogP contribution < -0.4 is 10.2 Å². The molecule has 4 nitrogen and oxygen atoms in total. The fraction of sp³-hybridized carbons (Fsp3) is 0.286. The number of aromatic nitrogens is 1. The van der Waals surface area contributed by atoms with Gasteiger partial charge in [-0.05, 0) is 12.1 Å². The molecule has 0 fully saturated rings. The summed E-state index contributed by atoms with van der Waals surface area (Å²) in [6.45, 7) is 1.57. The second-order valence-electron chi connectivity index (χ2n) is 4.44. The summed E-state index contributed by atoms with van der Waals surface area (Å²) in [4.78, 5) is 18.9. The molecule has 0 aliphatic carbocycles. The fourth-order valence-corrected chi connectivity index (χ4v) is 2.62. The first-order chi connectivity index (χ1) is 9.02. The van der Waals surface area contributed by atoms with Gasteiger partial charge in [0.1, 0.15) is 0 Å². The Morgan fingerprint density at radius 1 is 1.26 bits per heavy atom. The smallest absolute Gasteiger partial charge is 0.183 e. The molecule has 5 heteroatoms. The number of carbonyl (C=O) groups excluding carboxylic acids is 1. The summed E-state index contributed by atoms with van der Waals surface area (Å²) in [7, 11) is 5.80. The maximum Gasteiger partial charge on any atom is 0.183 e. The van der Waals surface area contributed by atoms with Gasteiger partial charge in [0.25, 0.3) is 0 Å². The van der Waals surface area contributed by atoms with Crippen LogP contribution in [0.15, 0.2) is 24.3 Å². The molecule has 1 N–H and O–H groups in total. The molecule has 0 atom stereocenters. The van der Waals surface area contributed by atoms with Crippen LogP contribution in [0.5, 0.6) is 0 Å². The minimum atomic E-state index is 0.0469. The van der Waals surface area contributed by atoms with Gasteiger partial charge in [-0.1, -0.05) is 23.5 Å². The molecular weight excluding hydrogens is 258 g/mol. The number of anilines is 2. The Kier molecular flexibility index (Phi) is 3.85. The number of nitrogens with zero attached hydrogens (tertiary/aromatic N) is 2. The molecule has 0 saturated carbocycles. The minimum Gasteiger partial charge on any atom is -0.378 e. The quantitative estimate of drug-likeness (QED) is 0.871. The van der Waals surface area contributed by atoms with Crippen molar-refractivity contribution in [3.63, 3.8) is 0 Å². The van der Waals surface area contributed by atoms with E-state index >= 15 is 0 Å². The molecule has 0 aliphatic rings. The van der Waals surface area contributed by atoms with Gasteiger partial charge in [0.15, 0.2) is 10.9 Å². The number of hydrogen-bond donors (Lipinski definition) is 1. The average molecular weight is 275 g/mol. The molecule has 0 radical (unpaired) electrons. The third kappa shape index (κ3) is 2.76. The first-order valence-corrected chi connectivity index (χ1v) is 6.82. The molecule has 0 spiro atoms. The molecule has 1 aromatic heterocycles. The van der Waals surface area contributed by atoms with Crippen molar-refractivity contribution >= 4 is 27.9 Å². The molecule has 0 unspecified atom stereocenters. The lowest BCUT2D eigenvalue weighted by Gasteiger charge is -2.12. The van der Waals surface area contributed by atoms with E-state index in [1.165, 1.54) is 11.3 Å². The van der Waals surface area contributed by atoms with Crippen molar-refractivity contribution in [3.05, 3.63) is 29.1 Å². The van der Waals surface area contributed by atoms with Gasteiger partial charge in [-0.15, -0.1) is 0 Å². The van der Waals surface area contributed by atoms with E-state index in [9.17, 15) is 4.79 Å². The predicted molar refractivity (Wildman–Crippen MR) is 81.4 cm³/mol. The Morgan fingerprint density at radius 2 is 1.89 bits per heavy atom. The van der Waals surface area contributed by atoms with Gasteiger partial charge in [0.05, 0.1) is 10.6 Å². The Balaban J connectivity index is 2.45. The molecule has 0 amide bonds. The van der Waals surface area contributed by atoms with Crippen molar-refractivity contribution in [1.82, 2.24) is 4.98 Å². The molecule has 1 heterocycles. The highest BCUT2D eigenvalue weighted by Gasteiger charge is 2.16. The molecule has 0 saturated heterocycles. The second kappa shape index (κ2) is 5.40. The topological polar surface area (TPSA) is 45.2 Å². The fourth-order valence-electron chi connectivity index (χ4n) is 1.78.